The number of halogens is 5. The average molecular weight is 253 g/mol. The minimum atomic E-state index is -1.50. The van der Waals surface area contributed by atoms with Gasteiger partial charge < -0.3 is 4.98 Å². The summed E-state index contributed by atoms with van der Waals surface area (Å²) in [6, 6.07) is 1.47. The van der Waals surface area contributed by atoms with Crippen molar-refractivity contribution in [3.63, 3.8) is 0 Å². The second kappa shape index (κ2) is 3.23. The molecule has 1 rings (SSSR count). The van der Waals surface area contributed by atoms with Gasteiger partial charge in [0.05, 0.1) is 10.7 Å². The molecule has 11 heavy (non-hydrogen) atoms. The predicted molar refractivity (Wildman–Crippen MR) is 50.0 cm³/mol. The van der Waals surface area contributed by atoms with Crippen LogP contribution in [0.5, 0.6) is 0 Å². The zero-order valence-corrected chi connectivity index (χ0v) is 8.75. The maximum atomic E-state index is 5.60. The van der Waals surface area contributed by atoms with Crippen molar-refractivity contribution in [3.8, 4) is 0 Å². The van der Waals surface area contributed by atoms with Gasteiger partial charge in [0.2, 0.25) is 3.79 Å². The third-order valence-electron chi connectivity index (χ3n) is 1.03. The standard InChI is InChI=1S/C5H2Cl5N/c6-2-1-3(5(8,9)10)11-4(2)7/h1,11H. The molecule has 0 bridgehead atoms. The summed E-state index contributed by atoms with van der Waals surface area (Å²) in [5, 5.41) is 0.612. The predicted octanol–water partition coefficient (Wildman–Crippen LogP) is 4.15. The van der Waals surface area contributed by atoms with E-state index in [1.165, 1.54) is 6.07 Å². The topological polar surface area (TPSA) is 15.8 Å². The lowest BCUT2D eigenvalue weighted by molar-refractivity contribution is 1.13. The molecule has 0 saturated heterocycles. The second-order valence-electron chi connectivity index (χ2n) is 1.84. The SMILES string of the molecule is Clc1cc(C(Cl)(Cl)Cl)[nH]c1Cl. The zero-order chi connectivity index (χ0) is 8.65. The number of hydrogen-bond donors (Lipinski definition) is 1. The fourth-order valence-electron chi connectivity index (χ4n) is 0.557. The lowest BCUT2D eigenvalue weighted by Gasteiger charge is -2.06. The van der Waals surface area contributed by atoms with E-state index < -0.39 is 3.79 Å². The second-order valence-corrected chi connectivity index (χ2v) is 4.91. The Hall–Kier alpha value is 0.730. The van der Waals surface area contributed by atoms with Crippen LogP contribution < -0.4 is 0 Å². The van der Waals surface area contributed by atoms with Crippen LogP contribution in [0.2, 0.25) is 10.2 Å². The van der Waals surface area contributed by atoms with E-state index in [4.69, 9.17) is 58.0 Å². The van der Waals surface area contributed by atoms with Crippen LogP contribution in [0.15, 0.2) is 6.07 Å². The van der Waals surface area contributed by atoms with Crippen LogP contribution in [0.1, 0.15) is 5.69 Å². The summed E-state index contributed by atoms with van der Waals surface area (Å²) in [5.41, 5.74) is 0.359. The van der Waals surface area contributed by atoms with Crippen molar-refractivity contribution < 1.29 is 0 Å². The van der Waals surface area contributed by atoms with Crippen LogP contribution in [-0.2, 0) is 3.79 Å². The van der Waals surface area contributed by atoms with Crippen LogP contribution in [-0.4, -0.2) is 4.98 Å². The summed E-state index contributed by atoms with van der Waals surface area (Å²) in [6.45, 7) is 0. The Kier molecular flexibility index (Phi) is 2.88. The number of nitrogens with one attached hydrogen (secondary N) is 1. The first-order chi connectivity index (χ1) is 4.91. The monoisotopic (exact) mass is 251 g/mol. The smallest absolute Gasteiger partial charge is 0.230 e. The van der Waals surface area contributed by atoms with Crippen molar-refractivity contribution in [3.05, 3.63) is 21.9 Å². The molecule has 0 aliphatic rings. The van der Waals surface area contributed by atoms with E-state index in [0.29, 0.717) is 10.7 Å². The van der Waals surface area contributed by atoms with Crippen LogP contribution in [0, 0.1) is 0 Å². The Morgan fingerprint density at radius 1 is 1.18 bits per heavy atom. The van der Waals surface area contributed by atoms with E-state index in [2.05, 4.69) is 4.98 Å². The molecule has 1 aromatic heterocycles. The minimum Gasteiger partial charge on any atom is -0.345 e. The molecule has 0 aliphatic carbocycles. The highest BCUT2D eigenvalue weighted by molar-refractivity contribution is 6.66. The van der Waals surface area contributed by atoms with Crippen molar-refractivity contribution in [2.75, 3.05) is 0 Å². The average Bonchev–Trinajstić information content (AvgIpc) is 2.11. The molecular weight excluding hydrogens is 251 g/mol. The summed E-state index contributed by atoms with van der Waals surface area (Å²) >= 11 is 27.7. The first-order valence-corrected chi connectivity index (χ1v) is 4.41. The molecular formula is C5H2Cl5N. The molecule has 1 N–H and O–H groups in total. The number of aromatic amines is 1. The van der Waals surface area contributed by atoms with Crippen LogP contribution in [0.25, 0.3) is 0 Å². The van der Waals surface area contributed by atoms with Crippen LogP contribution >= 0.6 is 58.0 Å². The third-order valence-corrected chi connectivity index (χ3v) is 2.33. The molecule has 0 fully saturated rings. The Morgan fingerprint density at radius 3 is 1.91 bits per heavy atom. The van der Waals surface area contributed by atoms with Gasteiger partial charge in [-0.3, -0.25) is 0 Å². The van der Waals surface area contributed by atoms with Gasteiger partial charge in [0, 0.05) is 0 Å². The Labute approximate surface area is 88.5 Å². The van der Waals surface area contributed by atoms with Crippen molar-refractivity contribution in [1.29, 1.82) is 0 Å². The van der Waals surface area contributed by atoms with Gasteiger partial charge in [-0.05, 0) is 6.07 Å². The largest absolute Gasteiger partial charge is 0.345 e. The fraction of sp³-hybridized carbons (Fsp3) is 0.200. The van der Waals surface area contributed by atoms with Crippen LogP contribution in [0.4, 0.5) is 0 Å². The molecule has 0 unspecified atom stereocenters. The molecule has 62 valence electrons. The van der Waals surface area contributed by atoms with Crippen molar-refractivity contribution in [1.82, 2.24) is 4.98 Å². The van der Waals surface area contributed by atoms with E-state index in [0.717, 1.165) is 0 Å². The Balaban J connectivity index is 3.08. The molecule has 0 spiro atoms. The van der Waals surface area contributed by atoms with Gasteiger partial charge in [-0.1, -0.05) is 58.0 Å². The van der Waals surface area contributed by atoms with E-state index in [1.807, 2.05) is 0 Å². The van der Waals surface area contributed by atoms with Gasteiger partial charge in [0.15, 0.2) is 0 Å². The molecule has 0 aromatic carbocycles. The minimum absolute atomic E-state index is 0.271. The summed E-state index contributed by atoms with van der Waals surface area (Å²) < 4.78 is -1.50. The maximum absolute atomic E-state index is 5.60. The molecule has 0 aliphatic heterocycles. The van der Waals surface area contributed by atoms with Crippen molar-refractivity contribution in [2.45, 2.75) is 3.79 Å². The molecule has 1 heterocycles. The number of H-pyrrole nitrogens is 1. The zero-order valence-electron chi connectivity index (χ0n) is 4.97. The highest BCUT2D eigenvalue weighted by Crippen LogP contribution is 2.39. The van der Waals surface area contributed by atoms with E-state index in [9.17, 15) is 0 Å². The van der Waals surface area contributed by atoms with Gasteiger partial charge in [-0.15, -0.1) is 0 Å². The molecule has 1 nitrogen and oxygen atoms in total. The highest BCUT2D eigenvalue weighted by Gasteiger charge is 2.25. The molecule has 6 heteroatoms. The molecule has 0 atom stereocenters. The third kappa shape index (κ3) is 2.33. The maximum Gasteiger partial charge on any atom is 0.230 e. The van der Waals surface area contributed by atoms with Gasteiger partial charge in [-0.2, -0.15) is 0 Å². The van der Waals surface area contributed by atoms with Gasteiger partial charge in [-0.25, -0.2) is 0 Å². The lowest BCUT2D eigenvalue weighted by atomic mass is 10.5. The fourth-order valence-corrected chi connectivity index (χ4v) is 1.17. The van der Waals surface area contributed by atoms with E-state index in [-0.39, 0.29) is 5.15 Å². The van der Waals surface area contributed by atoms with Gasteiger partial charge in [0.1, 0.15) is 5.15 Å². The Morgan fingerprint density at radius 2 is 1.73 bits per heavy atom. The number of rotatable bonds is 0. The van der Waals surface area contributed by atoms with Gasteiger partial charge >= 0.3 is 0 Å². The molecule has 1 aromatic rings. The van der Waals surface area contributed by atoms with E-state index >= 15 is 0 Å². The summed E-state index contributed by atoms with van der Waals surface area (Å²) in [7, 11) is 0. The van der Waals surface area contributed by atoms with Crippen LogP contribution in [0.3, 0.4) is 0 Å². The van der Waals surface area contributed by atoms with Crippen molar-refractivity contribution >= 4 is 58.0 Å². The molecule has 0 radical (unpaired) electrons. The van der Waals surface area contributed by atoms with E-state index in [1.54, 1.807) is 0 Å². The summed E-state index contributed by atoms with van der Waals surface area (Å²) in [4.78, 5) is 2.62. The summed E-state index contributed by atoms with van der Waals surface area (Å²) in [6.07, 6.45) is 0. The first-order valence-electron chi connectivity index (χ1n) is 2.52. The highest BCUT2D eigenvalue weighted by atomic mass is 35.6. The molecule has 0 saturated carbocycles. The molecule has 0 amide bonds. The van der Waals surface area contributed by atoms with Gasteiger partial charge in [0.25, 0.3) is 0 Å². The summed E-state index contributed by atoms with van der Waals surface area (Å²) in [5.74, 6) is 0. The quantitative estimate of drug-likeness (QED) is 0.669. The Bertz CT molecular complexity index is 241. The normalized spacial score (nSPS) is 12.1. The van der Waals surface area contributed by atoms with Crippen molar-refractivity contribution in [2.24, 2.45) is 0 Å². The number of hydrogen-bond acceptors (Lipinski definition) is 0. The number of alkyl halides is 3. The lowest BCUT2D eigenvalue weighted by Crippen LogP contribution is -1.99. The number of aromatic nitrogens is 1. The first kappa shape index (κ1) is 9.82.